The lowest BCUT2D eigenvalue weighted by atomic mass is 10.1. The molecule has 23 heavy (non-hydrogen) atoms. The van der Waals surface area contributed by atoms with E-state index < -0.39 is 0 Å². The number of halogens is 1. The van der Waals surface area contributed by atoms with Crippen molar-refractivity contribution in [1.29, 1.82) is 0 Å². The van der Waals surface area contributed by atoms with E-state index in [9.17, 15) is 0 Å². The molecular formula is C18H31IN4. The summed E-state index contributed by atoms with van der Waals surface area (Å²) in [5, 5.41) is 6.85. The van der Waals surface area contributed by atoms with E-state index >= 15 is 0 Å². The second-order valence-corrected chi connectivity index (χ2v) is 6.01. The molecule has 1 aromatic rings. The molecule has 1 saturated heterocycles. The Morgan fingerprint density at radius 2 is 2.04 bits per heavy atom. The van der Waals surface area contributed by atoms with Gasteiger partial charge in [-0.3, -0.25) is 4.99 Å². The summed E-state index contributed by atoms with van der Waals surface area (Å²) in [6, 6.07) is 9.12. The summed E-state index contributed by atoms with van der Waals surface area (Å²) in [5.41, 5.74) is 2.65. The molecule has 1 fully saturated rings. The second kappa shape index (κ2) is 10.7. The van der Waals surface area contributed by atoms with Gasteiger partial charge in [-0.05, 0) is 43.9 Å². The first-order chi connectivity index (χ1) is 10.7. The summed E-state index contributed by atoms with van der Waals surface area (Å²) in [5.74, 6) is 0.882. The zero-order chi connectivity index (χ0) is 15.8. The van der Waals surface area contributed by atoms with Crippen molar-refractivity contribution in [3.05, 3.63) is 29.8 Å². The normalized spacial score (nSPS) is 16.0. The number of nitrogens with one attached hydrogen (secondary N) is 2. The molecule has 1 heterocycles. The van der Waals surface area contributed by atoms with Gasteiger partial charge in [0.05, 0.1) is 6.04 Å². The Kier molecular flexibility index (Phi) is 9.36. The largest absolute Gasteiger partial charge is 0.372 e. The lowest BCUT2D eigenvalue weighted by Crippen LogP contribution is -2.39. The molecule has 0 aromatic heterocycles. The van der Waals surface area contributed by atoms with Crippen LogP contribution in [-0.2, 0) is 0 Å². The SMILES string of the molecule is CCCCNC(=NC)NC(C)c1cccc(N2CCCC2)c1.I. The fourth-order valence-electron chi connectivity index (χ4n) is 2.83. The number of aliphatic imine (C=N–C) groups is 1. The highest BCUT2D eigenvalue weighted by Gasteiger charge is 2.14. The maximum absolute atomic E-state index is 4.31. The minimum Gasteiger partial charge on any atom is -0.372 e. The third kappa shape index (κ3) is 6.20. The van der Waals surface area contributed by atoms with Crippen molar-refractivity contribution >= 4 is 35.6 Å². The number of unbranched alkanes of at least 4 members (excludes halogenated alkanes) is 1. The maximum Gasteiger partial charge on any atom is 0.191 e. The van der Waals surface area contributed by atoms with Crippen LogP contribution >= 0.6 is 24.0 Å². The van der Waals surface area contributed by atoms with Crippen LogP contribution in [0.3, 0.4) is 0 Å². The first kappa shape index (κ1) is 20.1. The lowest BCUT2D eigenvalue weighted by molar-refractivity contribution is 0.670. The van der Waals surface area contributed by atoms with E-state index in [1.165, 1.54) is 50.0 Å². The number of rotatable bonds is 6. The van der Waals surface area contributed by atoms with Gasteiger partial charge in [0.1, 0.15) is 0 Å². The molecular weight excluding hydrogens is 399 g/mol. The fourth-order valence-corrected chi connectivity index (χ4v) is 2.83. The van der Waals surface area contributed by atoms with E-state index in [1.54, 1.807) is 0 Å². The molecule has 4 nitrogen and oxygen atoms in total. The zero-order valence-corrected chi connectivity index (χ0v) is 17.0. The molecule has 1 aliphatic heterocycles. The molecule has 130 valence electrons. The predicted octanol–water partition coefficient (Wildman–Crippen LogP) is 3.93. The van der Waals surface area contributed by atoms with Gasteiger partial charge in [-0.15, -0.1) is 24.0 Å². The molecule has 0 radical (unpaired) electrons. The molecule has 1 aliphatic rings. The molecule has 1 aromatic carbocycles. The van der Waals surface area contributed by atoms with Crippen molar-refractivity contribution in [2.75, 3.05) is 31.6 Å². The van der Waals surface area contributed by atoms with Crippen LogP contribution < -0.4 is 15.5 Å². The van der Waals surface area contributed by atoms with E-state index in [-0.39, 0.29) is 30.0 Å². The lowest BCUT2D eigenvalue weighted by Gasteiger charge is -2.22. The highest BCUT2D eigenvalue weighted by molar-refractivity contribution is 14.0. The fraction of sp³-hybridized carbons (Fsp3) is 0.611. The number of anilines is 1. The van der Waals surface area contributed by atoms with Crippen LogP contribution in [0.4, 0.5) is 5.69 Å². The second-order valence-electron chi connectivity index (χ2n) is 6.01. The van der Waals surface area contributed by atoms with Crippen molar-refractivity contribution in [1.82, 2.24) is 10.6 Å². The highest BCUT2D eigenvalue weighted by Crippen LogP contribution is 2.23. The summed E-state index contributed by atoms with van der Waals surface area (Å²) >= 11 is 0. The van der Waals surface area contributed by atoms with Crippen LogP contribution in [-0.4, -0.2) is 32.6 Å². The van der Waals surface area contributed by atoms with Crippen LogP contribution in [0.2, 0.25) is 0 Å². The van der Waals surface area contributed by atoms with Crippen LogP contribution in [0.15, 0.2) is 29.3 Å². The van der Waals surface area contributed by atoms with Crippen molar-refractivity contribution in [3.63, 3.8) is 0 Å². The molecule has 0 aliphatic carbocycles. The van der Waals surface area contributed by atoms with Crippen molar-refractivity contribution < 1.29 is 0 Å². The van der Waals surface area contributed by atoms with E-state index in [1.807, 2.05) is 7.05 Å². The van der Waals surface area contributed by atoms with Crippen molar-refractivity contribution in [2.24, 2.45) is 4.99 Å². The van der Waals surface area contributed by atoms with Crippen molar-refractivity contribution in [2.45, 2.75) is 45.6 Å². The van der Waals surface area contributed by atoms with Gasteiger partial charge >= 0.3 is 0 Å². The van der Waals surface area contributed by atoms with Crippen LogP contribution in [0.1, 0.15) is 51.1 Å². The van der Waals surface area contributed by atoms with E-state index in [0.717, 1.165) is 12.5 Å². The number of hydrogen-bond acceptors (Lipinski definition) is 2. The Morgan fingerprint density at radius 1 is 1.30 bits per heavy atom. The molecule has 0 saturated carbocycles. The van der Waals surface area contributed by atoms with Gasteiger partial charge in [-0.25, -0.2) is 0 Å². The number of guanidine groups is 1. The Labute approximate surface area is 158 Å². The Balaban J connectivity index is 0.00000264. The Morgan fingerprint density at radius 3 is 2.70 bits per heavy atom. The van der Waals surface area contributed by atoms with Gasteiger partial charge in [-0.1, -0.05) is 25.5 Å². The maximum atomic E-state index is 4.31. The minimum absolute atomic E-state index is 0. The molecule has 1 unspecified atom stereocenters. The topological polar surface area (TPSA) is 39.7 Å². The van der Waals surface area contributed by atoms with Crippen LogP contribution in [0.25, 0.3) is 0 Å². The molecule has 5 heteroatoms. The standard InChI is InChI=1S/C18H30N4.HI/c1-4-5-11-20-18(19-3)21-15(2)16-9-8-10-17(14-16)22-12-6-7-13-22;/h8-10,14-15H,4-7,11-13H2,1-3H3,(H2,19,20,21);1H. The number of nitrogens with zero attached hydrogens (tertiary/aromatic N) is 2. The first-order valence-corrected chi connectivity index (χ1v) is 8.56. The summed E-state index contributed by atoms with van der Waals surface area (Å²) in [6.45, 7) is 7.73. The quantitative estimate of drug-likeness (QED) is 0.311. The number of benzene rings is 1. The number of hydrogen-bond donors (Lipinski definition) is 2. The van der Waals surface area contributed by atoms with Gasteiger partial charge in [0.2, 0.25) is 0 Å². The van der Waals surface area contributed by atoms with Gasteiger partial charge < -0.3 is 15.5 Å². The smallest absolute Gasteiger partial charge is 0.191 e. The van der Waals surface area contributed by atoms with Crippen LogP contribution in [0.5, 0.6) is 0 Å². The summed E-state index contributed by atoms with van der Waals surface area (Å²) in [6.07, 6.45) is 4.98. The molecule has 0 bridgehead atoms. The predicted molar refractivity (Wildman–Crippen MR) is 111 cm³/mol. The van der Waals surface area contributed by atoms with Gasteiger partial charge in [-0.2, -0.15) is 0 Å². The molecule has 0 spiro atoms. The zero-order valence-electron chi connectivity index (χ0n) is 14.6. The average molecular weight is 430 g/mol. The first-order valence-electron chi connectivity index (χ1n) is 8.56. The Hall–Kier alpha value is -0.980. The van der Waals surface area contributed by atoms with Crippen LogP contribution in [0, 0.1) is 0 Å². The summed E-state index contributed by atoms with van der Waals surface area (Å²) in [4.78, 5) is 6.79. The third-order valence-corrected chi connectivity index (χ3v) is 4.24. The summed E-state index contributed by atoms with van der Waals surface area (Å²) < 4.78 is 0. The molecule has 1 atom stereocenters. The van der Waals surface area contributed by atoms with E-state index in [0.29, 0.717) is 0 Å². The summed E-state index contributed by atoms with van der Waals surface area (Å²) in [7, 11) is 1.83. The van der Waals surface area contributed by atoms with E-state index in [4.69, 9.17) is 0 Å². The van der Waals surface area contributed by atoms with E-state index in [2.05, 4.69) is 58.6 Å². The molecule has 2 N–H and O–H groups in total. The minimum atomic E-state index is 0. The Bertz CT molecular complexity index is 484. The molecule has 2 rings (SSSR count). The van der Waals surface area contributed by atoms with Gasteiger partial charge in [0, 0.05) is 32.4 Å². The molecule has 0 amide bonds. The highest BCUT2D eigenvalue weighted by atomic mass is 127. The van der Waals surface area contributed by atoms with Crippen molar-refractivity contribution in [3.8, 4) is 0 Å². The van der Waals surface area contributed by atoms with Gasteiger partial charge in [0.15, 0.2) is 5.96 Å². The van der Waals surface area contributed by atoms with Gasteiger partial charge in [0.25, 0.3) is 0 Å². The average Bonchev–Trinajstić information content (AvgIpc) is 3.08. The third-order valence-electron chi connectivity index (χ3n) is 4.24. The monoisotopic (exact) mass is 430 g/mol.